The lowest BCUT2D eigenvalue weighted by molar-refractivity contribution is -0.155. The number of esters is 1. The number of carbonyl (C=O) groups excluding carboxylic acids is 3. The van der Waals surface area contributed by atoms with Crippen LogP contribution < -0.4 is 11.1 Å². The van der Waals surface area contributed by atoms with Gasteiger partial charge in [-0.15, -0.1) is 0 Å². The molecule has 0 spiro atoms. The van der Waals surface area contributed by atoms with Gasteiger partial charge in [-0.3, -0.25) is 9.59 Å². The minimum Gasteiger partial charge on any atom is -0.467 e. The van der Waals surface area contributed by atoms with Crippen LogP contribution in [0.15, 0.2) is 60.7 Å². The highest BCUT2D eigenvalue weighted by Crippen LogP contribution is 2.26. The fourth-order valence-corrected chi connectivity index (χ4v) is 3.90. The number of benzene rings is 2. The second kappa shape index (κ2) is 12.8. The molecular weight excluding hydrogens is 404 g/mol. The van der Waals surface area contributed by atoms with E-state index >= 15 is 0 Å². The van der Waals surface area contributed by atoms with E-state index in [1.807, 2.05) is 48.5 Å². The number of aryl methyl sites for hydroxylation is 1. The zero-order valence-electron chi connectivity index (χ0n) is 19.0. The van der Waals surface area contributed by atoms with E-state index in [4.69, 9.17) is 10.5 Å². The van der Waals surface area contributed by atoms with Gasteiger partial charge in [-0.25, -0.2) is 4.79 Å². The number of hydrogen-bond donors (Lipinski definition) is 2. The van der Waals surface area contributed by atoms with E-state index in [1.54, 1.807) is 6.92 Å². The van der Waals surface area contributed by atoms with Crippen LogP contribution in [0.5, 0.6) is 0 Å². The van der Waals surface area contributed by atoms with E-state index in [0.717, 1.165) is 24.8 Å². The third-order valence-electron chi connectivity index (χ3n) is 5.87. The van der Waals surface area contributed by atoms with Gasteiger partial charge in [-0.2, -0.15) is 0 Å². The molecule has 0 unspecified atom stereocenters. The van der Waals surface area contributed by atoms with Gasteiger partial charge >= 0.3 is 5.97 Å². The van der Waals surface area contributed by atoms with Crippen molar-refractivity contribution in [2.24, 2.45) is 11.7 Å². The maximum absolute atomic E-state index is 12.9. The Morgan fingerprint density at radius 2 is 1.53 bits per heavy atom. The van der Waals surface area contributed by atoms with Crippen LogP contribution in [-0.4, -0.2) is 36.9 Å². The molecule has 2 aromatic rings. The van der Waals surface area contributed by atoms with E-state index in [2.05, 4.69) is 17.4 Å². The minimum absolute atomic E-state index is 0.146. The lowest BCUT2D eigenvalue weighted by Crippen LogP contribution is -2.63. The molecule has 2 rings (SSSR count). The molecule has 0 aliphatic rings. The summed E-state index contributed by atoms with van der Waals surface area (Å²) in [6.45, 7) is 1.40. The number of hydrogen-bond acceptors (Lipinski definition) is 5. The molecule has 0 radical (unpaired) electrons. The fraction of sp³-hybridized carbons (Fsp3) is 0.423. The number of nitrogens with two attached hydrogens (primary N) is 1. The van der Waals surface area contributed by atoms with Gasteiger partial charge in [0.2, 0.25) is 5.91 Å². The molecule has 6 nitrogen and oxygen atoms in total. The monoisotopic (exact) mass is 438 g/mol. The normalized spacial score (nSPS) is 13.6. The molecule has 0 saturated heterocycles. The van der Waals surface area contributed by atoms with Crippen molar-refractivity contribution in [3.8, 4) is 0 Å². The van der Waals surface area contributed by atoms with Crippen LogP contribution in [0.2, 0.25) is 0 Å². The smallest absolute Gasteiger partial charge is 0.332 e. The zero-order valence-corrected chi connectivity index (χ0v) is 19.0. The molecule has 0 bridgehead atoms. The summed E-state index contributed by atoms with van der Waals surface area (Å²) in [5.74, 6) is -2.06. The Labute approximate surface area is 190 Å². The first kappa shape index (κ1) is 25.3. The average Bonchev–Trinajstić information content (AvgIpc) is 2.83. The molecule has 0 aromatic heterocycles. The molecule has 0 aliphatic heterocycles. The van der Waals surface area contributed by atoms with Crippen LogP contribution in [0.4, 0.5) is 0 Å². The Balaban J connectivity index is 2.07. The number of rotatable bonds is 13. The van der Waals surface area contributed by atoms with Gasteiger partial charge in [-0.05, 0) is 30.4 Å². The number of ether oxygens (including phenoxy) is 1. The molecule has 172 valence electrons. The quantitative estimate of drug-likeness (QED) is 0.370. The largest absolute Gasteiger partial charge is 0.467 e. The molecule has 0 heterocycles. The predicted octanol–water partition coefficient (Wildman–Crippen LogP) is 3.22. The minimum atomic E-state index is -1.51. The van der Waals surface area contributed by atoms with Crippen LogP contribution >= 0.6 is 0 Å². The van der Waals surface area contributed by atoms with E-state index in [9.17, 15) is 14.4 Å². The summed E-state index contributed by atoms with van der Waals surface area (Å²) in [7, 11) is 1.26. The molecule has 2 atom stereocenters. The lowest BCUT2D eigenvalue weighted by Gasteiger charge is -2.36. The molecule has 6 heteroatoms. The summed E-state index contributed by atoms with van der Waals surface area (Å²) in [6, 6.07) is 19.5. The van der Waals surface area contributed by atoms with Crippen LogP contribution in [0.25, 0.3) is 0 Å². The summed E-state index contributed by atoms with van der Waals surface area (Å²) in [5.41, 5.74) is 6.17. The van der Waals surface area contributed by atoms with Gasteiger partial charge in [0.1, 0.15) is 0 Å². The highest BCUT2D eigenvalue weighted by molar-refractivity contribution is 5.96. The van der Waals surface area contributed by atoms with Gasteiger partial charge in [0, 0.05) is 12.8 Å². The molecule has 3 N–H and O–H groups in total. The molecule has 0 fully saturated rings. The number of carbonyl (C=O) groups is 3. The molecule has 1 amide bonds. The maximum atomic E-state index is 12.9. The Bertz CT molecular complexity index is 870. The van der Waals surface area contributed by atoms with Crippen molar-refractivity contribution in [2.45, 2.75) is 51.0 Å². The number of Topliss-reactive ketones (excluding diaryl/α,β-unsaturated/α-hetero) is 1. The first-order valence-electron chi connectivity index (χ1n) is 11.1. The number of amides is 1. The van der Waals surface area contributed by atoms with Crippen LogP contribution in [0, 0.1) is 5.92 Å². The second-order valence-corrected chi connectivity index (χ2v) is 8.11. The second-order valence-electron chi connectivity index (χ2n) is 8.11. The topological polar surface area (TPSA) is 98.5 Å². The average molecular weight is 439 g/mol. The van der Waals surface area contributed by atoms with Crippen molar-refractivity contribution in [3.05, 3.63) is 71.8 Å². The standard InChI is InChI=1S/C26H34N2O4/c1-20(23(29)19-27)26(25(31)32-2,18-22-15-9-4-10-16-22)28-24(30)17-11-5-8-14-21-12-6-3-7-13-21/h3-4,6-7,9-10,12-13,15-16,20H,5,8,11,14,17-19,27H2,1-2H3,(H,28,30)/t20-,26-/m0/s1. The Kier molecular flexibility index (Phi) is 10.1. The van der Waals surface area contributed by atoms with E-state index in [0.29, 0.717) is 6.42 Å². The Morgan fingerprint density at radius 1 is 0.938 bits per heavy atom. The van der Waals surface area contributed by atoms with Gasteiger partial charge in [0.15, 0.2) is 11.3 Å². The van der Waals surface area contributed by atoms with E-state index in [1.165, 1.54) is 12.7 Å². The Morgan fingerprint density at radius 3 is 2.09 bits per heavy atom. The third kappa shape index (κ3) is 7.02. The summed E-state index contributed by atoms with van der Waals surface area (Å²) >= 11 is 0. The van der Waals surface area contributed by atoms with Crippen LogP contribution in [0.3, 0.4) is 0 Å². The molecule has 2 aromatic carbocycles. The summed E-state index contributed by atoms with van der Waals surface area (Å²) in [4.78, 5) is 38.3. The molecular formula is C26H34N2O4. The van der Waals surface area contributed by atoms with Gasteiger partial charge in [0.05, 0.1) is 19.6 Å². The van der Waals surface area contributed by atoms with Crippen molar-refractivity contribution in [2.75, 3.05) is 13.7 Å². The SMILES string of the molecule is COC(=O)[C@@](Cc1ccccc1)(NC(=O)CCCCCc1ccccc1)[C@@H](C)C(=O)CN. The summed E-state index contributed by atoms with van der Waals surface area (Å²) in [6.07, 6.45) is 3.94. The molecule has 0 aliphatic carbocycles. The van der Waals surface area contributed by atoms with Crippen molar-refractivity contribution < 1.29 is 19.1 Å². The van der Waals surface area contributed by atoms with Crippen LogP contribution in [-0.2, 0) is 32.0 Å². The number of ketones is 1. The molecule has 32 heavy (non-hydrogen) atoms. The number of unbranched alkanes of at least 4 members (excludes halogenated alkanes) is 2. The third-order valence-corrected chi connectivity index (χ3v) is 5.87. The van der Waals surface area contributed by atoms with E-state index < -0.39 is 17.4 Å². The Hall–Kier alpha value is -2.99. The van der Waals surface area contributed by atoms with Crippen molar-refractivity contribution in [1.82, 2.24) is 5.32 Å². The van der Waals surface area contributed by atoms with Crippen molar-refractivity contribution in [3.63, 3.8) is 0 Å². The van der Waals surface area contributed by atoms with E-state index in [-0.39, 0.29) is 31.1 Å². The van der Waals surface area contributed by atoms with Gasteiger partial charge in [0.25, 0.3) is 0 Å². The van der Waals surface area contributed by atoms with Crippen LogP contribution in [0.1, 0.15) is 43.7 Å². The highest BCUT2D eigenvalue weighted by atomic mass is 16.5. The summed E-state index contributed by atoms with van der Waals surface area (Å²) in [5, 5.41) is 2.86. The van der Waals surface area contributed by atoms with Gasteiger partial charge < -0.3 is 15.8 Å². The van der Waals surface area contributed by atoms with Crippen molar-refractivity contribution in [1.29, 1.82) is 0 Å². The highest BCUT2D eigenvalue weighted by Gasteiger charge is 2.48. The first-order valence-corrected chi connectivity index (χ1v) is 11.1. The number of methoxy groups -OCH3 is 1. The molecule has 0 saturated carbocycles. The van der Waals surface area contributed by atoms with Gasteiger partial charge in [-0.1, -0.05) is 74.0 Å². The first-order chi connectivity index (χ1) is 15.4. The lowest BCUT2D eigenvalue weighted by atomic mass is 9.77. The zero-order chi connectivity index (χ0) is 23.4. The summed E-state index contributed by atoms with van der Waals surface area (Å²) < 4.78 is 5.05. The predicted molar refractivity (Wildman–Crippen MR) is 125 cm³/mol. The maximum Gasteiger partial charge on any atom is 0.332 e. The van der Waals surface area contributed by atoms with Crippen molar-refractivity contribution >= 4 is 17.7 Å². The fourth-order valence-electron chi connectivity index (χ4n) is 3.90. The number of nitrogens with one attached hydrogen (secondary N) is 1.